The van der Waals surface area contributed by atoms with Gasteiger partial charge in [-0.1, -0.05) is 18.2 Å². The smallest absolute Gasteiger partial charge is 0.404 e. The van der Waals surface area contributed by atoms with E-state index in [1.54, 1.807) is 31.4 Å². The Morgan fingerprint density at radius 1 is 1.25 bits per heavy atom. The van der Waals surface area contributed by atoms with Gasteiger partial charge in [0.1, 0.15) is 13.2 Å². The van der Waals surface area contributed by atoms with Gasteiger partial charge in [0.15, 0.2) is 0 Å². The van der Waals surface area contributed by atoms with Gasteiger partial charge in [-0.05, 0) is 6.08 Å². The molecular weight excluding hydrogens is 212 g/mol. The van der Waals surface area contributed by atoms with Gasteiger partial charge in [-0.2, -0.15) is 0 Å². The van der Waals surface area contributed by atoms with Crippen LogP contribution in [0.1, 0.15) is 0 Å². The van der Waals surface area contributed by atoms with E-state index >= 15 is 0 Å². The number of carbonyl (C=O) groups is 2. The molecule has 0 saturated heterocycles. The zero-order valence-electron chi connectivity index (χ0n) is 9.14. The van der Waals surface area contributed by atoms with Crippen molar-refractivity contribution in [3.05, 3.63) is 24.3 Å². The van der Waals surface area contributed by atoms with Gasteiger partial charge in [-0.25, -0.2) is 4.79 Å². The van der Waals surface area contributed by atoms with Crippen LogP contribution in [0.3, 0.4) is 0 Å². The van der Waals surface area contributed by atoms with Gasteiger partial charge in [0, 0.05) is 7.05 Å². The van der Waals surface area contributed by atoms with Crippen LogP contribution in [0, 0.1) is 0 Å². The Morgan fingerprint density at radius 3 is 2.44 bits per heavy atom. The quantitative estimate of drug-likeness (QED) is 0.472. The summed E-state index contributed by atoms with van der Waals surface area (Å²) in [5.41, 5.74) is 4.74. The van der Waals surface area contributed by atoms with Gasteiger partial charge in [-0.15, -0.1) is 0 Å². The molecule has 6 nitrogen and oxygen atoms in total. The van der Waals surface area contributed by atoms with E-state index in [1.165, 1.54) is 0 Å². The van der Waals surface area contributed by atoms with Crippen molar-refractivity contribution in [1.29, 1.82) is 0 Å². The molecule has 0 saturated carbocycles. The Balaban J connectivity index is 3.40. The van der Waals surface area contributed by atoms with Crippen LogP contribution in [0.15, 0.2) is 24.3 Å². The van der Waals surface area contributed by atoms with Crippen molar-refractivity contribution in [2.75, 3.05) is 26.9 Å². The maximum Gasteiger partial charge on any atom is 0.404 e. The molecule has 6 heteroatoms. The van der Waals surface area contributed by atoms with E-state index in [2.05, 4.69) is 10.1 Å². The van der Waals surface area contributed by atoms with Crippen LogP contribution in [-0.2, 0) is 14.3 Å². The Hall–Kier alpha value is -1.82. The molecule has 0 aromatic rings. The summed E-state index contributed by atoms with van der Waals surface area (Å²) in [5, 5.41) is 2.43. The molecule has 0 aliphatic carbocycles. The summed E-state index contributed by atoms with van der Waals surface area (Å²) in [7, 11) is 1.54. The highest BCUT2D eigenvalue weighted by molar-refractivity contribution is 5.76. The van der Waals surface area contributed by atoms with Gasteiger partial charge in [0.25, 0.3) is 0 Å². The fourth-order valence-electron chi connectivity index (χ4n) is 0.690. The zero-order valence-corrected chi connectivity index (χ0v) is 9.14. The molecule has 90 valence electrons. The Labute approximate surface area is 94.1 Å². The van der Waals surface area contributed by atoms with Gasteiger partial charge >= 0.3 is 6.09 Å². The molecule has 0 bridgehead atoms. The molecule has 0 aromatic heterocycles. The molecule has 2 amide bonds. The minimum atomic E-state index is -0.803. The Morgan fingerprint density at radius 2 is 1.88 bits per heavy atom. The van der Waals surface area contributed by atoms with Gasteiger partial charge in [-0.3, -0.25) is 4.79 Å². The molecule has 0 fully saturated rings. The first kappa shape index (κ1) is 14.2. The molecule has 0 aromatic carbocycles. The number of nitrogens with one attached hydrogen (secondary N) is 1. The monoisotopic (exact) mass is 228 g/mol. The summed E-state index contributed by atoms with van der Waals surface area (Å²) in [6.07, 6.45) is 5.95. The van der Waals surface area contributed by atoms with Crippen LogP contribution in [0.25, 0.3) is 0 Å². The van der Waals surface area contributed by atoms with Crippen molar-refractivity contribution in [2.45, 2.75) is 0 Å². The lowest BCUT2D eigenvalue weighted by Crippen LogP contribution is -2.23. The number of allylic oxidation sites excluding steroid dienone is 2. The van der Waals surface area contributed by atoms with E-state index < -0.39 is 6.09 Å². The Kier molecular flexibility index (Phi) is 8.62. The number of carbonyl (C=O) groups excluding carboxylic acids is 2. The van der Waals surface area contributed by atoms with E-state index in [-0.39, 0.29) is 19.1 Å². The first-order chi connectivity index (χ1) is 7.66. The van der Waals surface area contributed by atoms with Crippen molar-refractivity contribution < 1.29 is 19.1 Å². The second-order valence-corrected chi connectivity index (χ2v) is 2.67. The van der Waals surface area contributed by atoms with Gasteiger partial charge in [0.05, 0.1) is 6.61 Å². The highest BCUT2D eigenvalue weighted by atomic mass is 16.5. The lowest BCUT2D eigenvalue weighted by molar-refractivity contribution is -0.124. The molecule has 0 atom stereocenters. The number of likely N-dealkylation sites (N-methyl/N-ethyl adjacent to an activating group) is 1. The Bertz CT molecular complexity index is 274. The van der Waals surface area contributed by atoms with Crippen LogP contribution >= 0.6 is 0 Å². The van der Waals surface area contributed by atoms with Crippen molar-refractivity contribution in [2.24, 2.45) is 5.73 Å². The number of hydrogen-bond acceptors (Lipinski definition) is 4. The minimum Gasteiger partial charge on any atom is -0.445 e. The average molecular weight is 228 g/mol. The predicted octanol–water partition coefficient (Wildman–Crippen LogP) is -0.0433. The third-order valence-electron chi connectivity index (χ3n) is 1.43. The number of hydrogen-bond donors (Lipinski definition) is 2. The van der Waals surface area contributed by atoms with Crippen LogP contribution in [-0.4, -0.2) is 38.9 Å². The highest BCUT2D eigenvalue weighted by Gasteiger charge is 1.93. The second kappa shape index (κ2) is 9.72. The van der Waals surface area contributed by atoms with Crippen LogP contribution in [0.4, 0.5) is 4.79 Å². The fraction of sp³-hybridized carbons (Fsp3) is 0.400. The standard InChI is InChI=1S/C10H16N2O4/c1-12-9(13)8-15-6-4-2-3-5-7-16-10(11)14/h2-5H,6-8H2,1H3,(H2,11,14)(H,12,13)/b4-2+,5-3+. The molecular formula is C10H16N2O4. The van der Waals surface area contributed by atoms with E-state index in [1.807, 2.05) is 0 Å². The number of amides is 2. The maximum absolute atomic E-state index is 10.7. The topological polar surface area (TPSA) is 90.7 Å². The van der Waals surface area contributed by atoms with Crippen LogP contribution in [0.5, 0.6) is 0 Å². The summed E-state index contributed by atoms with van der Waals surface area (Å²) in [6, 6.07) is 0. The lowest BCUT2D eigenvalue weighted by Gasteiger charge is -1.98. The van der Waals surface area contributed by atoms with Gasteiger partial charge in [0.2, 0.25) is 5.91 Å². The van der Waals surface area contributed by atoms with E-state index in [0.29, 0.717) is 6.61 Å². The number of ether oxygens (including phenoxy) is 2. The lowest BCUT2D eigenvalue weighted by atomic mass is 10.4. The number of rotatable bonds is 7. The first-order valence-electron chi connectivity index (χ1n) is 4.69. The second-order valence-electron chi connectivity index (χ2n) is 2.67. The molecule has 0 aliphatic heterocycles. The molecule has 16 heavy (non-hydrogen) atoms. The predicted molar refractivity (Wildman–Crippen MR) is 58.7 cm³/mol. The molecule has 0 spiro atoms. The summed E-state index contributed by atoms with van der Waals surface area (Å²) in [5.74, 6) is -0.168. The minimum absolute atomic E-state index is 0.0370. The van der Waals surface area contributed by atoms with Crippen molar-refractivity contribution in [3.63, 3.8) is 0 Å². The van der Waals surface area contributed by atoms with Crippen molar-refractivity contribution in [1.82, 2.24) is 5.32 Å². The molecule has 0 unspecified atom stereocenters. The summed E-state index contributed by atoms with van der Waals surface area (Å²) in [6.45, 7) is 0.516. The average Bonchev–Trinajstić information content (AvgIpc) is 2.26. The largest absolute Gasteiger partial charge is 0.445 e. The van der Waals surface area contributed by atoms with Crippen molar-refractivity contribution in [3.8, 4) is 0 Å². The van der Waals surface area contributed by atoms with E-state index in [9.17, 15) is 9.59 Å². The van der Waals surface area contributed by atoms with Crippen LogP contribution in [0.2, 0.25) is 0 Å². The van der Waals surface area contributed by atoms with Crippen molar-refractivity contribution >= 4 is 12.0 Å². The first-order valence-corrected chi connectivity index (χ1v) is 4.69. The molecule has 0 radical (unpaired) electrons. The fourth-order valence-corrected chi connectivity index (χ4v) is 0.690. The summed E-state index contributed by atoms with van der Waals surface area (Å²) < 4.78 is 9.44. The van der Waals surface area contributed by atoms with E-state index in [4.69, 9.17) is 10.5 Å². The number of primary amides is 1. The molecule has 0 rings (SSSR count). The van der Waals surface area contributed by atoms with Crippen LogP contribution < -0.4 is 11.1 Å². The normalized spacial score (nSPS) is 10.8. The number of nitrogens with two attached hydrogens (primary N) is 1. The van der Waals surface area contributed by atoms with E-state index in [0.717, 1.165) is 0 Å². The molecule has 0 heterocycles. The van der Waals surface area contributed by atoms with Gasteiger partial charge < -0.3 is 20.5 Å². The maximum atomic E-state index is 10.7. The SMILES string of the molecule is CNC(=O)COC/C=C/C=C/COC(N)=O. The highest BCUT2D eigenvalue weighted by Crippen LogP contribution is 1.82. The molecule has 3 N–H and O–H groups in total. The summed E-state index contributed by atoms with van der Waals surface area (Å²) >= 11 is 0. The third-order valence-corrected chi connectivity index (χ3v) is 1.43. The third kappa shape index (κ3) is 10.3. The molecule has 0 aliphatic rings. The summed E-state index contributed by atoms with van der Waals surface area (Å²) in [4.78, 5) is 20.9. The zero-order chi connectivity index (χ0) is 12.2.